The first kappa shape index (κ1) is 15.9. The van der Waals surface area contributed by atoms with Gasteiger partial charge in [0.2, 0.25) is 0 Å². The van der Waals surface area contributed by atoms with E-state index in [0.717, 1.165) is 39.3 Å². The molecule has 0 unspecified atom stereocenters. The van der Waals surface area contributed by atoms with Crippen LogP contribution < -0.4 is 5.32 Å². The first-order valence-electron chi connectivity index (χ1n) is 7.28. The van der Waals surface area contributed by atoms with Gasteiger partial charge in [0.05, 0.1) is 0 Å². The van der Waals surface area contributed by atoms with Crippen molar-refractivity contribution in [2.75, 3.05) is 59.5 Å². The highest BCUT2D eigenvalue weighted by Crippen LogP contribution is 2.18. The maximum absolute atomic E-state index is 5.31. The van der Waals surface area contributed by atoms with Crippen molar-refractivity contribution < 1.29 is 4.74 Å². The van der Waals surface area contributed by atoms with E-state index < -0.39 is 0 Å². The van der Waals surface area contributed by atoms with Crippen molar-refractivity contribution in [1.82, 2.24) is 15.1 Å². The molecule has 0 bridgehead atoms. The zero-order valence-electron chi connectivity index (χ0n) is 12.7. The fourth-order valence-corrected chi connectivity index (χ4v) is 2.34. The minimum atomic E-state index is 0.313. The Balaban J connectivity index is 2.03. The molecule has 1 aliphatic rings. The van der Waals surface area contributed by atoms with Crippen LogP contribution in [0.5, 0.6) is 0 Å². The summed E-state index contributed by atoms with van der Waals surface area (Å²) in [5.74, 6) is 0. The van der Waals surface area contributed by atoms with Crippen molar-refractivity contribution in [3.63, 3.8) is 0 Å². The SMILES string of the molecule is CCOCCCNCCN1CCN(C)C(C)(C)C1. The van der Waals surface area contributed by atoms with Gasteiger partial charge in [0.25, 0.3) is 0 Å². The standard InChI is InChI=1S/C14H31N3O/c1-5-18-12-6-7-15-8-9-17-11-10-16(4)14(2,3)13-17/h15H,5-13H2,1-4H3. The second-order valence-corrected chi connectivity index (χ2v) is 5.81. The molecule has 4 nitrogen and oxygen atoms in total. The largest absolute Gasteiger partial charge is 0.382 e. The Hall–Kier alpha value is -0.160. The summed E-state index contributed by atoms with van der Waals surface area (Å²) in [6.45, 7) is 15.3. The van der Waals surface area contributed by atoms with Gasteiger partial charge in [0.15, 0.2) is 0 Å². The minimum Gasteiger partial charge on any atom is -0.382 e. The van der Waals surface area contributed by atoms with Gasteiger partial charge in [-0.2, -0.15) is 0 Å². The van der Waals surface area contributed by atoms with Crippen LogP contribution in [0.1, 0.15) is 27.2 Å². The molecule has 1 rings (SSSR count). The van der Waals surface area contributed by atoms with E-state index in [4.69, 9.17) is 4.74 Å². The fourth-order valence-electron chi connectivity index (χ4n) is 2.34. The van der Waals surface area contributed by atoms with E-state index in [1.807, 2.05) is 6.92 Å². The highest BCUT2D eigenvalue weighted by molar-refractivity contribution is 4.88. The maximum atomic E-state index is 5.31. The number of hydrogen-bond acceptors (Lipinski definition) is 4. The molecule has 0 aromatic heterocycles. The molecule has 1 N–H and O–H groups in total. The van der Waals surface area contributed by atoms with Crippen LogP contribution in [0.15, 0.2) is 0 Å². The van der Waals surface area contributed by atoms with E-state index in [9.17, 15) is 0 Å². The number of rotatable bonds is 8. The zero-order valence-corrected chi connectivity index (χ0v) is 12.7. The first-order chi connectivity index (χ1) is 8.56. The quantitative estimate of drug-likeness (QED) is 0.657. The van der Waals surface area contributed by atoms with E-state index in [0.29, 0.717) is 5.54 Å². The summed E-state index contributed by atoms with van der Waals surface area (Å²) in [6.07, 6.45) is 1.11. The Labute approximate surface area is 113 Å². The van der Waals surface area contributed by atoms with Gasteiger partial charge < -0.3 is 10.1 Å². The fraction of sp³-hybridized carbons (Fsp3) is 1.00. The Morgan fingerprint density at radius 3 is 2.67 bits per heavy atom. The van der Waals surface area contributed by atoms with Gasteiger partial charge in [-0.25, -0.2) is 0 Å². The van der Waals surface area contributed by atoms with E-state index in [2.05, 4.69) is 36.0 Å². The van der Waals surface area contributed by atoms with Crippen LogP contribution in [0.4, 0.5) is 0 Å². The Morgan fingerprint density at radius 1 is 1.22 bits per heavy atom. The summed E-state index contributed by atoms with van der Waals surface area (Å²) in [4.78, 5) is 5.02. The molecule has 0 radical (unpaired) electrons. The van der Waals surface area contributed by atoms with Crippen LogP contribution in [0, 0.1) is 0 Å². The van der Waals surface area contributed by atoms with Gasteiger partial charge in [0, 0.05) is 51.5 Å². The minimum absolute atomic E-state index is 0.313. The molecule has 1 saturated heterocycles. The van der Waals surface area contributed by atoms with Crippen molar-refractivity contribution in [1.29, 1.82) is 0 Å². The van der Waals surface area contributed by atoms with Crippen LogP contribution in [0.3, 0.4) is 0 Å². The molecule has 0 aromatic carbocycles. The van der Waals surface area contributed by atoms with E-state index in [1.165, 1.54) is 19.6 Å². The summed E-state index contributed by atoms with van der Waals surface area (Å²) in [5.41, 5.74) is 0.313. The molecule has 1 heterocycles. The summed E-state index contributed by atoms with van der Waals surface area (Å²) in [5, 5.41) is 3.49. The molecule has 0 aliphatic carbocycles. The highest BCUT2D eigenvalue weighted by atomic mass is 16.5. The second-order valence-electron chi connectivity index (χ2n) is 5.81. The normalized spacial score (nSPS) is 21.3. The predicted molar refractivity (Wildman–Crippen MR) is 77.1 cm³/mol. The third-order valence-corrected chi connectivity index (χ3v) is 3.85. The third-order valence-electron chi connectivity index (χ3n) is 3.85. The van der Waals surface area contributed by atoms with Crippen LogP contribution in [-0.2, 0) is 4.74 Å². The molecule has 108 valence electrons. The lowest BCUT2D eigenvalue weighted by Gasteiger charge is -2.45. The first-order valence-corrected chi connectivity index (χ1v) is 7.28. The summed E-state index contributed by atoms with van der Waals surface area (Å²) in [6, 6.07) is 0. The number of piperazine rings is 1. The topological polar surface area (TPSA) is 27.7 Å². The van der Waals surface area contributed by atoms with Crippen LogP contribution in [0.2, 0.25) is 0 Å². The number of likely N-dealkylation sites (N-methyl/N-ethyl adjacent to an activating group) is 1. The van der Waals surface area contributed by atoms with Crippen molar-refractivity contribution in [2.45, 2.75) is 32.7 Å². The smallest absolute Gasteiger partial charge is 0.0477 e. The van der Waals surface area contributed by atoms with Gasteiger partial charge in [-0.05, 0) is 40.8 Å². The second kappa shape index (κ2) is 8.10. The number of nitrogens with one attached hydrogen (secondary N) is 1. The number of ether oxygens (including phenoxy) is 1. The van der Waals surface area contributed by atoms with Crippen LogP contribution >= 0.6 is 0 Å². The number of nitrogens with zero attached hydrogens (tertiary/aromatic N) is 2. The van der Waals surface area contributed by atoms with E-state index in [1.54, 1.807) is 0 Å². The molecule has 0 amide bonds. The Morgan fingerprint density at radius 2 is 2.00 bits per heavy atom. The average molecular weight is 257 g/mol. The molecular formula is C14H31N3O. The van der Waals surface area contributed by atoms with Gasteiger partial charge in [-0.3, -0.25) is 9.80 Å². The predicted octanol–water partition coefficient (Wildman–Crippen LogP) is 1.03. The zero-order chi connectivity index (χ0) is 13.4. The van der Waals surface area contributed by atoms with Crippen molar-refractivity contribution in [2.24, 2.45) is 0 Å². The van der Waals surface area contributed by atoms with E-state index >= 15 is 0 Å². The molecule has 18 heavy (non-hydrogen) atoms. The average Bonchev–Trinajstić information content (AvgIpc) is 2.32. The van der Waals surface area contributed by atoms with Crippen molar-refractivity contribution in [3.05, 3.63) is 0 Å². The summed E-state index contributed by atoms with van der Waals surface area (Å²) in [7, 11) is 2.23. The van der Waals surface area contributed by atoms with Crippen LogP contribution in [0.25, 0.3) is 0 Å². The lowest BCUT2D eigenvalue weighted by atomic mass is 10.00. The molecule has 0 atom stereocenters. The molecular weight excluding hydrogens is 226 g/mol. The van der Waals surface area contributed by atoms with Gasteiger partial charge in [0.1, 0.15) is 0 Å². The lowest BCUT2D eigenvalue weighted by Crippen LogP contribution is -2.58. The van der Waals surface area contributed by atoms with Gasteiger partial charge >= 0.3 is 0 Å². The maximum Gasteiger partial charge on any atom is 0.0477 e. The molecule has 0 saturated carbocycles. The molecule has 4 heteroatoms. The van der Waals surface area contributed by atoms with Crippen LogP contribution in [-0.4, -0.2) is 74.9 Å². The summed E-state index contributed by atoms with van der Waals surface area (Å²) < 4.78 is 5.31. The number of hydrogen-bond donors (Lipinski definition) is 1. The van der Waals surface area contributed by atoms with Gasteiger partial charge in [-0.15, -0.1) is 0 Å². The lowest BCUT2D eigenvalue weighted by molar-refractivity contribution is 0.0406. The third kappa shape index (κ3) is 5.65. The molecule has 0 aromatic rings. The van der Waals surface area contributed by atoms with Crippen molar-refractivity contribution in [3.8, 4) is 0 Å². The molecule has 0 spiro atoms. The van der Waals surface area contributed by atoms with E-state index in [-0.39, 0.29) is 0 Å². The summed E-state index contributed by atoms with van der Waals surface area (Å²) >= 11 is 0. The van der Waals surface area contributed by atoms with Gasteiger partial charge in [-0.1, -0.05) is 0 Å². The molecule has 1 fully saturated rings. The Kier molecular flexibility index (Phi) is 7.15. The monoisotopic (exact) mass is 257 g/mol. The Bertz CT molecular complexity index is 221. The highest BCUT2D eigenvalue weighted by Gasteiger charge is 2.30. The van der Waals surface area contributed by atoms with Crippen molar-refractivity contribution >= 4 is 0 Å². The molecule has 1 aliphatic heterocycles.